The van der Waals surface area contributed by atoms with E-state index in [2.05, 4.69) is 47.7 Å². The van der Waals surface area contributed by atoms with E-state index in [0.29, 0.717) is 26.0 Å². The lowest BCUT2D eigenvalue weighted by Crippen LogP contribution is -2.25. The van der Waals surface area contributed by atoms with Gasteiger partial charge in [0.05, 0.1) is 21.7 Å². The number of carbonyl (C=O) groups excluding carboxylic acids is 1. The molecule has 3 N–H and O–H groups in total. The standard InChI is InChI=1S/C16H13Br2N3O4/c17-11-3-9(4-12(18)16(11)23)6-20-21-15(22)7-19-10-1-2-13-14(5-10)25-8-24-13/h1-6,19,23H,7-8H2,(H,21,22)/b20-6-. The first-order valence-electron chi connectivity index (χ1n) is 7.16. The molecule has 1 aliphatic rings. The van der Waals surface area contributed by atoms with Gasteiger partial charge in [0.15, 0.2) is 11.5 Å². The summed E-state index contributed by atoms with van der Waals surface area (Å²) in [6.45, 7) is 0.261. The molecule has 0 saturated heterocycles. The molecule has 0 fully saturated rings. The highest BCUT2D eigenvalue weighted by Crippen LogP contribution is 2.34. The summed E-state index contributed by atoms with van der Waals surface area (Å²) in [5.41, 5.74) is 3.88. The molecule has 1 heterocycles. The number of hydrogen-bond donors (Lipinski definition) is 3. The van der Waals surface area contributed by atoms with Gasteiger partial charge in [-0.25, -0.2) is 5.43 Å². The zero-order valence-corrected chi connectivity index (χ0v) is 15.9. The zero-order chi connectivity index (χ0) is 17.8. The number of rotatable bonds is 5. The van der Waals surface area contributed by atoms with Crippen LogP contribution < -0.4 is 20.2 Å². The number of hydrogen-bond acceptors (Lipinski definition) is 6. The first kappa shape index (κ1) is 17.6. The second-order valence-corrected chi connectivity index (χ2v) is 6.76. The average Bonchev–Trinajstić information content (AvgIpc) is 3.05. The van der Waals surface area contributed by atoms with E-state index in [-0.39, 0.29) is 25.0 Å². The molecule has 25 heavy (non-hydrogen) atoms. The SMILES string of the molecule is O=C(CNc1ccc2c(c1)OCO2)N/N=C\c1cc(Br)c(O)c(Br)c1. The molecule has 2 aromatic carbocycles. The number of nitrogens with zero attached hydrogens (tertiary/aromatic N) is 1. The number of anilines is 1. The maximum Gasteiger partial charge on any atom is 0.259 e. The first-order chi connectivity index (χ1) is 12.0. The summed E-state index contributed by atoms with van der Waals surface area (Å²) in [4.78, 5) is 11.8. The smallest absolute Gasteiger partial charge is 0.259 e. The van der Waals surface area contributed by atoms with Crippen LogP contribution in [0.25, 0.3) is 0 Å². The molecule has 0 saturated carbocycles. The van der Waals surface area contributed by atoms with Crippen LogP contribution >= 0.6 is 31.9 Å². The lowest BCUT2D eigenvalue weighted by Gasteiger charge is -2.06. The van der Waals surface area contributed by atoms with Crippen molar-refractivity contribution in [2.45, 2.75) is 0 Å². The highest BCUT2D eigenvalue weighted by molar-refractivity contribution is 9.11. The van der Waals surface area contributed by atoms with Crippen molar-refractivity contribution in [3.05, 3.63) is 44.8 Å². The maximum atomic E-state index is 11.8. The fraction of sp³-hybridized carbons (Fsp3) is 0.125. The van der Waals surface area contributed by atoms with Crippen molar-refractivity contribution in [3.8, 4) is 17.2 Å². The molecule has 0 aliphatic carbocycles. The van der Waals surface area contributed by atoms with Crippen LogP contribution in [0.3, 0.4) is 0 Å². The first-order valence-corrected chi connectivity index (χ1v) is 8.75. The van der Waals surface area contributed by atoms with Gasteiger partial charge in [0.2, 0.25) is 6.79 Å². The largest absolute Gasteiger partial charge is 0.506 e. The highest BCUT2D eigenvalue weighted by Gasteiger charge is 2.13. The van der Waals surface area contributed by atoms with E-state index in [9.17, 15) is 9.90 Å². The van der Waals surface area contributed by atoms with E-state index < -0.39 is 0 Å². The molecule has 0 bridgehead atoms. The Morgan fingerprint density at radius 3 is 2.68 bits per heavy atom. The van der Waals surface area contributed by atoms with E-state index in [1.165, 1.54) is 6.21 Å². The average molecular weight is 471 g/mol. The van der Waals surface area contributed by atoms with Crippen molar-refractivity contribution in [2.75, 3.05) is 18.7 Å². The van der Waals surface area contributed by atoms with Crippen LogP contribution in [0, 0.1) is 0 Å². The Balaban J connectivity index is 1.51. The van der Waals surface area contributed by atoms with Crippen LogP contribution in [0.4, 0.5) is 5.69 Å². The number of phenolic OH excluding ortho intramolecular Hbond substituents is 1. The molecular formula is C16H13Br2N3O4. The molecule has 130 valence electrons. The Bertz CT molecular complexity index is 819. The van der Waals surface area contributed by atoms with Crippen molar-refractivity contribution >= 4 is 49.7 Å². The van der Waals surface area contributed by atoms with Crippen molar-refractivity contribution in [1.29, 1.82) is 0 Å². The minimum absolute atomic E-state index is 0.0555. The van der Waals surface area contributed by atoms with E-state index in [0.717, 1.165) is 5.69 Å². The zero-order valence-electron chi connectivity index (χ0n) is 12.8. The quantitative estimate of drug-likeness (QED) is 0.461. The number of fused-ring (bicyclic) bond motifs is 1. The predicted molar refractivity (Wildman–Crippen MR) is 100 cm³/mol. The van der Waals surface area contributed by atoms with Gasteiger partial charge < -0.3 is 19.9 Å². The topological polar surface area (TPSA) is 92.2 Å². The van der Waals surface area contributed by atoms with E-state index in [4.69, 9.17) is 9.47 Å². The minimum Gasteiger partial charge on any atom is -0.506 e. The predicted octanol–water partition coefficient (Wildman–Crippen LogP) is 3.21. The second-order valence-electron chi connectivity index (χ2n) is 5.05. The van der Waals surface area contributed by atoms with Crippen LogP contribution in [0.2, 0.25) is 0 Å². The summed E-state index contributed by atoms with van der Waals surface area (Å²) in [5, 5.41) is 16.5. The van der Waals surface area contributed by atoms with Crippen LogP contribution in [0.15, 0.2) is 44.4 Å². The fourth-order valence-electron chi connectivity index (χ4n) is 2.07. The van der Waals surface area contributed by atoms with Gasteiger partial charge in [-0.05, 0) is 61.7 Å². The Labute approximate surface area is 160 Å². The number of hydrazone groups is 1. The van der Waals surface area contributed by atoms with Gasteiger partial charge in [-0.15, -0.1) is 0 Å². The summed E-state index contributed by atoms with van der Waals surface area (Å²) >= 11 is 6.46. The number of nitrogens with one attached hydrogen (secondary N) is 2. The Kier molecular flexibility index (Phi) is 5.44. The molecule has 0 radical (unpaired) electrons. The molecule has 3 rings (SSSR count). The molecular weight excluding hydrogens is 458 g/mol. The number of ether oxygens (including phenoxy) is 2. The van der Waals surface area contributed by atoms with Crippen molar-refractivity contribution < 1.29 is 19.4 Å². The monoisotopic (exact) mass is 469 g/mol. The summed E-state index contributed by atoms with van der Waals surface area (Å²) in [7, 11) is 0. The number of benzene rings is 2. The van der Waals surface area contributed by atoms with E-state index >= 15 is 0 Å². The lowest BCUT2D eigenvalue weighted by molar-refractivity contribution is -0.119. The summed E-state index contributed by atoms with van der Waals surface area (Å²) in [5.74, 6) is 1.14. The molecule has 0 spiro atoms. The Morgan fingerprint density at radius 1 is 1.20 bits per heavy atom. The Morgan fingerprint density at radius 2 is 1.92 bits per heavy atom. The van der Waals surface area contributed by atoms with Crippen molar-refractivity contribution in [3.63, 3.8) is 0 Å². The third kappa shape index (κ3) is 4.43. The van der Waals surface area contributed by atoms with Crippen LogP contribution in [0.5, 0.6) is 17.2 Å². The van der Waals surface area contributed by atoms with Crippen LogP contribution in [-0.2, 0) is 4.79 Å². The Hall–Kier alpha value is -2.26. The van der Waals surface area contributed by atoms with Crippen LogP contribution in [-0.4, -0.2) is 30.6 Å². The van der Waals surface area contributed by atoms with Gasteiger partial charge in [-0.1, -0.05) is 0 Å². The van der Waals surface area contributed by atoms with Crippen LogP contribution in [0.1, 0.15) is 5.56 Å². The van der Waals surface area contributed by atoms with Gasteiger partial charge in [-0.2, -0.15) is 5.10 Å². The number of aromatic hydroxyl groups is 1. The molecule has 2 aromatic rings. The van der Waals surface area contributed by atoms with Gasteiger partial charge in [-0.3, -0.25) is 4.79 Å². The maximum absolute atomic E-state index is 11.8. The normalized spacial score (nSPS) is 12.4. The molecule has 0 unspecified atom stereocenters. The van der Waals surface area contributed by atoms with Crippen molar-refractivity contribution in [1.82, 2.24) is 5.43 Å². The third-order valence-corrected chi connectivity index (χ3v) is 4.48. The minimum atomic E-state index is -0.300. The number of halogens is 2. The van der Waals surface area contributed by atoms with E-state index in [1.54, 1.807) is 30.3 Å². The highest BCUT2D eigenvalue weighted by atomic mass is 79.9. The fourth-order valence-corrected chi connectivity index (χ4v) is 3.29. The second kappa shape index (κ2) is 7.75. The van der Waals surface area contributed by atoms with Gasteiger partial charge in [0.1, 0.15) is 5.75 Å². The van der Waals surface area contributed by atoms with Gasteiger partial charge >= 0.3 is 0 Å². The summed E-state index contributed by atoms with van der Waals surface area (Å²) < 4.78 is 11.6. The molecule has 0 atom stereocenters. The lowest BCUT2D eigenvalue weighted by atomic mass is 10.2. The molecule has 1 amide bonds. The number of amides is 1. The van der Waals surface area contributed by atoms with E-state index in [1.807, 2.05) is 0 Å². The van der Waals surface area contributed by atoms with Gasteiger partial charge in [0, 0.05) is 11.8 Å². The number of phenols is 1. The summed E-state index contributed by atoms with van der Waals surface area (Å²) in [6.07, 6.45) is 1.48. The third-order valence-electron chi connectivity index (χ3n) is 3.27. The molecule has 1 aliphatic heterocycles. The summed E-state index contributed by atoms with van der Waals surface area (Å²) in [6, 6.07) is 8.71. The van der Waals surface area contributed by atoms with Crippen molar-refractivity contribution in [2.24, 2.45) is 5.10 Å². The molecule has 9 heteroatoms. The molecule has 7 nitrogen and oxygen atoms in total. The molecule has 0 aromatic heterocycles. The number of carbonyl (C=O) groups is 1. The van der Waals surface area contributed by atoms with Gasteiger partial charge in [0.25, 0.3) is 5.91 Å².